The minimum atomic E-state index is -0.470. The Kier molecular flexibility index (Phi) is 6.74. The van der Waals surface area contributed by atoms with E-state index in [9.17, 15) is 9.59 Å². The number of nitrogens with zero attached hydrogens (tertiary/aromatic N) is 1. The molecule has 0 radical (unpaired) electrons. The fraction of sp³-hybridized carbons (Fsp3) is 0.300. The third-order valence-corrected chi connectivity index (χ3v) is 3.75. The summed E-state index contributed by atoms with van der Waals surface area (Å²) < 4.78 is 5.06. The predicted octanol–water partition coefficient (Wildman–Crippen LogP) is 3.23. The van der Waals surface area contributed by atoms with Crippen molar-refractivity contribution in [3.05, 3.63) is 54.1 Å². The van der Waals surface area contributed by atoms with E-state index >= 15 is 0 Å². The van der Waals surface area contributed by atoms with Crippen molar-refractivity contribution >= 4 is 17.7 Å². The van der Waals surface area contributed by atoms with Gasteiger partial charge in [-0.1, -0.05) is 30.3 Å². The van der Waals surface area contributed by atoms with Crippen molar-refractivity contribution in [2.45, 2.75) is 26.5 Å². The number of amides is 2. The molecule has 0 aliphatic heterocycles. The third-order valence-electron chi connectivity index (χ3n) is 3.75. The summed E-state index contributed by atoms with van der Waals surface area (Å²) >= 11 is 0. The van der Waals surface area contributed by atoms with Crippen molar-refractivity contribution < 1.29 is 14.3 Å². The maximum Gasteiger partial charge on any atom is 0.411 e. The number of ether oxygens (including phenoxy) is 1. The zero-order valence-corrected chi connectivity index (χ0v) is 15.4. The van der Waals surface area contributed by atoms with Crippen molar-refractivity contribution in [1.82, 2.24) is 4.90 Å². The Morgan fingerprint density at radius 1 is 1.12 bits per heavy atom. The number of carbonyl (C=O) groups is 2. The first-order valence-electron chi connectivity index (χ1n) is 8.50. The number of nitrogens with one attached hydrogen (secondary N) is 1. The second kappa shape index (κ2) is 9.01. The zero-order chi connectivity index (χ0) is 19.1. The first-order chi connectivity index (χ1) is 12.4. The molecule has 2 rings (SSSR count). The standard InChI is InChI=1S/C20H25N3O3/c1-14(2)26-20(25)22-18-9-7-16(8-10-18)17-6-4-5-15(11-17)13-23(3)19(24)12-21/h4-11,14H,12-13,21H2,1-3H3,(H,22,25). The first kappa shape index (κ1) is 19.5. The average molecular weight is 355 g/mol. The molecule has 2 aromatic carbocycles. The largest absolute Gasteiger partial charge is 0.447 e. The molecular weight excluding hydrogens is 330 g/mol. The normalized spacial score (nSPS) is 10.5. The van der Waals surface area contributed by atoms with E-state index in [-0.39, 0.29) is 18.6 Å². The quantitative estimate of drug-likeness (QED) is 0.833. The summed E-state index contributed by atoms with van der Waals surface area (Å²) in [6.07, 6.45) is -0.636. The van der Waals surface area contributed by atoms with Crippen molar-refractivity contribution in [3.63, 3.8) is 0 Å². The summed E-state index contributed by atoms with van der Waals surface area (Å²) in [6.45, 7) is 4.11. The lowest BCUT2D eigenvalue weighted by molar-refractivity contribution is -0.128. The third kappa shape index (κ3) is 5.60. The molecule has 2 amide bonds. The van der Waals surface area contributed by atoms with E-state index in [0.29, 0.717) is 12.2 Å². The molecule has 0 bridgehead atoms. The van der Waals surface area contributed by atoms with Gasteiger partial charge in [-0.2, -0.15) is 0 Å². The fourth-order valence-electron chi connectivity index (χ4n) is 2.47. The molecule has 0 saturated carbocycles. The van der Waals surface area contributed by atoms with Gasteiger partial charge >= 0.3 is 6.09 Å². The summed E-state index contributed by atoms with van der Waals surface area (Å²) in [4.78, 5) is 24.9. The van der Waals surface area contributed by atoms with Gasteiger partial charge in [0.25, 0.3) is 0 Å². The highest BCUT2D eigenvalue weighted by molar-refractivity contribution is 5.85. The number of carbonyl (C=O) groups excluding carboxylic acids is 2. The van der Waals surface area contributed by atoms with Crippen molar-refractivity contribution in [2.75, 3.05) is 18.9 Å². The molecule has 0 heterocycles. The molecule has 2 aromatic rings. The number of rotatable bonds is 6. The maximum absolute atomic E-state index is 11.6. The van der Waals surface area contributed by atoms with E-state index in [1.807, 2.05) is 48.5 Å². The highest BCUT2D eigenvalue weighted by Gasteiger charge is 2.08. The molecule has 26 heavy (non-hydrogen) atoms. The number of hydrogen-bond donors (Lipinski definition) is 2. The molecule has 0 unspecified atom stereocenters. The topological polar surface area (TPSA) is 84.7 Å². The van der Waals surface area contributed by atoms with Gasteiger partial charge in [0.2, 0.25) is 5.91 Å². The molecule has 138 valence electrons. The number of benzene rings is 2. The van der Waals surface area contributed by atoms with E-state index < -0.39 is 6.09 Å². The average Bonchev–Trinajstić information content (AvgIpc) is 2.61. The molecule has 0 saturated heterocycles. The summed E-state index contributed by atoms with van der Waals surface area (Å²) in [5.41, 5.74) is 9.14. The Hall–Kier alpha value is -2.86. The van der Waals surface area contributed by atoms with Crippen LogP contribution in [0.25, 0.3) is 11.1 Å². The Labute approximate surface area is 153 Å². The first-order valence-corrected chi connectivity index (χ1v) is 8.50. The molecule has 6 heteroatoms. The van der Waals surface area contributed by atoms with Gasteiger partial charge in [-0.05, 0) is 48.7 Å². The van der Waals surface area contributed by atoms with Gasteiger partial charge in [-0.3, -0.25) is 10.1 Å². The van der Waals surface area contributed by atoms with Crippen LogP contribution < -0.4 is 11.1 Å². The van der Waals surface area contributed by atoms with Crippen molar-refractivity contribution in [2.24, 2.45) is 5.73 Å². The predicted molar refractivity (Wildman–Crippen MR) is 103 cm³/mol. The van der Waals surface area contributed by atoms with Crippen LogP contribution in [0.1, 0.15) is 19.4 Å². The molecule has 0 aliphatic rings. The van der Waals surface area contributed by atoms with Crippen molar-refractivity contribution in [3.8, 4) is 11.1 Å². The zero-order valence-electron chi connectivity index (χ0n) is 15.4. The summed E-state index contributed by atoms with van der Waals surface area (Å²) in [7, 11) is 1.73. The molecular formula is C20H25N3O3. The van der Waals surface area contributed by atoms with E-state index in [1.165, 1.54) is 0 Å². The van der Waals surface area contributed by atoms with Gasteiger partial charge < -0.3 is 15.4 Å². The van der Waals surface area contributed by atoms with Crippen molar-refractivity contribution in [1.29, 1.82) is 0 Å². The molecule has 3 N–H and O–H groups in total. The van der Waals surface area contributed by atoms with Gasteiger partial charge in [0, 0.05) is 19.3 Å². The number of hydrogen-bond acceptors (Lipinski definition) is 4. The molecule has 0 fully saturated rings. The number of likely N-dealkylation sites (N-methyl/N-ethyl adjacent to an activating group) is 1. The second-order valence-corrected chi connectivity index (χ2v) is 6.31. The Morgan fingerprint density at radius 2 is 1.81 bits per heavy atom. The van der Waals surface area contributed by atoms with Crippen LogP contribution in [0.2, 0.25) is 0 Å². The van der Waals surface area contributed by atoms with E-state index in [0.717, 1.165) is 16.7 Å². The van der Waals surface area contributed by atoms with E-state index in [1.54, 1.807) is 25.8 Å². The van der Waals surface area contributed by atoms with Crippen LogP contribution in [0.5, 0.6) is 0 Å². The van der Waals surface area contributed by atoms with Crippen LogP contribution in [0.15, 0.2) is 48.5 Å². The minimum absolute atomic E-state index is 0.00387. The van der Waals surface area contributed by atoms with E-state index in [4.69, 9.17) is 10.5 Å². The summed E-state index contributed by atoms with van der Waals surface area (Å²) in [6, 6.07) is 15.5. The Bertz CT molecular complexity index is 757. The van der Waals surface area contributed by atoms with Gasteiger partial charge in [0.05, 0.1) is 12.6 Å². The van der Waals surface area contributed by atoms with Gasteiger partial charge in [0.15, 0.2) is 0 Å². The number of nitrogens with two attached hydrogens (primary N) is 1. The lowest BCUT2D eigenvalue weighted by Gasteiger charge is -2.16. The molecule has 6 nitrogen and oxygen atoms in total. The number of anilines is 1. The summed E-state index contributed by atoms with van der Waals surface area (Å²) in [5.74, 6) is -0.0980. The molecule has 0 aromatic heterocycles. The van der Waals surface area contributed by atoms with Crippen LogP contribution in [0, 0.1) is 0 Å². The molecule has 0 atom stereocenters. The van der Waals surface area contributed by atoms with Gasteiger partial charge in [0.1, 0.15) is 0 Å². The fourth-order valence-corrected chi connectivity index (χ4v) is 2.47. The van der Waals surface area contributed by atoms with Crippen LogP contribution in [-0.4, -0.2) is 36.6 Å². The van der Waals surface area contributed by atoms with Crippen LogP contribution >= 0.6 is 0 Å². The lowest BCUT2D eigenvalue weighted by atomic mass is 10.0. The molecule has 0 aliphatic carbocycles. The van der Waals surface area contributed by atoms with E-state index in [2.05, 4.69) is 5.32 Å². The van der Waals surface area contributed by atoms with Crippen LogP contribution in [-0.2, 0) is 16.1 Å². The lowest BCUT2D eigenvalue weighted by Crippen LogP contribution is -2.32. The monoisotopic (exact) mass is 355 g/mol. The summed E-state index contributed by atoms with van der Waals surface area (Å²) in [5, 5.41) is 2.69. The minimum Gasteiger partial charge on any atom is -0.447 e. The highest BCUT2D eigenvalue weighted by atomic mass is 16.6. The molecule has 0 spiro atoms. The highest BCUT2D eigenvalue weighted by Crippen LogP contribution is 2.23. The maximum atomic E-state index is 11.6. The van der Waals surface area contributed by atoms with Gasteiger partial charge in [-0.15, -0.1) is 0 Å². The Balaban J connectivity index is 2.08. The SMILES string of the molecule is CC(C)OC(=O)Nc1ccc(-c2cccc(CN(C)C(=O)CN)c2)cc1. The van der Waals surface area contributed by atoms with Crippen LogP contribution in [0.4, 0.5) is 10.5 Å². The van der Waals surface area contributed by atoms with Gasteiger partial charge in [-0.25, -0.2) is 4.79 Å². The smallest absolute Gasteiger partial charge is 0.411 e. The second-order valence-electron chi connectivity index (χ2n) is 6.31. The van der Waals surface area contributed by atoms with Crippen LogP contribution in [0.3, 0.4) is 0 Å². The Morgan fingerprint density at radius 3 is 2.42 bits per heavy atom.